The Kier molecular flexibility index (Phi) is 8.00. The molecule has 0 fully saturated rings. The van der Waals surface area contributed by atoms with Gasteiger partial charge in [0.2, 0.25) is 11.8 Å². The molecule has 0 bridgehead atoms. The van der Waals surface area contributed by atoms with Gasteiger partial charge in [0.1, 0.15) is 5.69 Å². The van der Waals surface area contributed by atoms with Crippen molar-refractivity contribution in [2.24, 2.45) is 5.73 Å². The highest BCUT2D eigenvalue weighted by atomic mass is 16.5. The number of amides is 3. The number of urea groups is 1. The van der Waals surface area contributed by atoms with E-state index in [1.54, 1.807) is 36.5 Å². The molecule has 0 aliphatic rings. The third-order valence-electron chi connectivity index (χ3n) is 3.46. The van der Waals surface area contributed by atoms with E-state index in [9.17, 15) is 19.5 Å². The third-order valence-corrected chi connectivity index (χ3v) is 3.46. The first-order valence-electron chi connectivity index (χ1n) is 8.83. The molecule has 0 aliphatic heterocycles. The van der Waals surface area contributed by atoms with E-state index in [0.29, 0.717) is 17.8 Å². The average molecular weight is 412 g/mol. The molecule has 30 heavy (non-hydrogen) atoms. The molecule has 0 atom stereocenters. The minimum Gasteiger partial charge on any atom is -0.477 e. The number of nitrogens with two attached hydrogens (primary N) is 1. The van der Waals surface area contributed by atoms with Crippen LogP contribution in [0.25, 0.3) is 11.4 Å². The molecule has 0 unspecified atom stereocenters. The zero-order valence-corrected chi connectivity index (χ0v) is 16.0. The van der Waals surface area contributed by atoms with E-state index in [4.69, 9.17) is 10.3 Å². The Balaban J connectivity index is 0.000000469. The number of carboxylic acids is 1. The zero-order chi connectivity index (χ0) is 21.9. The molecule has 3 rings (SSSR count). The van der Waals surface area contributed by atoms with Crippen LogP contribution >= 0.6 is 0 Å². The monoisotopic (exact) mass is 412 g/mol. The molecule has 156 valence electrons. The number of carbonyl (C=O) groups is 3. The van der Waals surface area contributed by atoms with Gasteiger partial charge in [-0.1, -0.05) is 18.1 Å². The normalized spacial score (nSPS) is 9.77. The Morgan fingerprint density at radius 2 is 1.93 bits per heavy atom. The summed E-state index contributed by atoms with van der Waals surface area (Å²) in [5.74, 6) is -1.80. The highest BCUT2D eigenvalue weighted by molar-refractivity contribution is 6.05. The number of carboxylic acid groups (broad SMARTS) is 1. The fourth-order valence-corrected chi connectivity index (χ4v) is 2.20. The third kappa shape index (κ3) is 6.41. The summed E-state index contributed by atoms with van der Waals surface area (Å²) < 4.78 is 4.96. The molecule has 5 N–H and O–H groups in total. The zero-order valence-electron chi connectivity index (χ0n) is 16.0. The lowest BCUT2D eigenvalue weighted by molar-refractivity contribution is -0.118. The lowest BCUT2D eigenvalue weighted by atomic mass is 10.1. The van der Waals surface area contributed by atoms with Crippen LogP contribution in [0, 0.1) is 0 Å². The van der Waals surface area contributed by atoms with Crippen molar-refractivity contribution in [2.45, 2.75) is 19.8 Å². The van der Waals surface area contributed by atoms with Gasteiger partial charge in [-0.25, -0.2) is 9.59 Å². The van der Waals surface area contributed by atoms with Crippen molar-refractivity contribution < 1.29 is 24.0 Å². The molecule has 0 radical (unpaired) electrons. The summed E-state index contributed by atoms with van der Waals surface area (Å²) in [6, 6.07) is 7.55. The quantitative estimate of drug-likeness (QED) is 0.478. The van der Waals surface area contributed by atoms with E-state index >= 15 is 0 Å². The van der Waals surface area contributed by atoms with Gasteiger partial charge in [0.15, 0.2) is 5.56 Å². The predicted octanol–water partition coefficient (Wildman–Crippen LogP) is 2.75. The van der Waals surface area contributed by atoms with Gasteiger partial charge in [0.25, 0.3) is 0 Å². The molecular weight excluding hydrogens is 392 g/mol. The number of primary amides is 1. The van der Waals surface area contributed by atoms with Gasteiger partial charge in [0, 0.05) is 18.8 Å². The highest BCUT2D eigenvalue weighted by Crippen LogP contribution is 2.27. The van der Waals surface area contributed by atoms with Gasteiger partial charge in [-0.05, 0) is 30.7 Å². The first-order chi connectivity index (χ1) is 14.4. The fourth-order valence-electron chi connectivity index (χ4n) is 2.20. The summed E-state index contributed by atoms with van der Waals surface area (Å²) in [5, 5.41) is 17.9. The summed E-state index contributed by atoms with van der Waals surface area (Å²) in [5.41, 5.74) is 5.27. The van der Waals surface area contributed by atoms with Gasteiger partial charge in [-0.3, -0.25) is 20.1 Å². The Bertz CT molecular complexity index is 991. The van der Waals surface area contributed by atoms with Gasteiger partial charge in [-0.15, -0.1) is 0 Å². The lowest BCUT2D eigenvalue weighted by Gasteiger charge is -2.05. The van der Waals surface area contributed by atoms with Crippen molar-refractivity contribution >= 4 is 29.5 Å². The van der Waals surface area contributed by atoms with Gasteiger partial charge in [0.05, 0.1) is 17.6 Å². The van der Waals surface area contributed by atoms with E-state index in [1.165, 1.54) is 12.4 Å². The number of nitrogens with zero attached hydrogens (tertiary/aromatic N) is 3. The molecule has 0 aromatic carbocycles. The lowest BCUT2D eigenvalue weighted by Crippen LogP contribution is -2.20. The predicted molar refractivity (Wildman–Crippen MR) is 108 cm³/mol. The van der Waals surface area contributed by atoms with Gasteiger partial charge >= 0.3 is 12.0 Å². The average Bonchev–Trinajstić information content (AvgIpc) is 3.13. The Labute approximate surface area is 171 Å². The highest BCUT2D eigenvalue weighted by Gasteiger charge is 2.25. The van der Waals surface area contributed by atoms with Crippen LogP contribution in [0.4, 0.5) is 16.4 Å². The molecule has 0 saturated heterocycles. The Morgan fingerprint density at radius 3 is 2.47 bits per heavy atom. The molecule has 0 spiro atoms. The van der Waals surface area contributed by atoms with Gasteiger partial charge < -0.3 is 20.7 Å². The molecular formula is C19H20N6O5. The summed E-state index contributed by atoms with van der Waals surface area (Å²) in [6.07, 6.45) is 5.87. The number of aromatic nitrogens is 3. The summed E-state index contributed by atoms with van der Waals surface area (Å²) in [6.45, 7) is 1.92. The van der Waals surface area contributed by atoms with Crippen LogP contribution < -0.4 is 16.4 Å². The maximum atomic E-state index is 12.0. The molecule has 0 aliphatic carbocycles. The standard InChI is InChI=1S/C15H11N5O4.C4H9NO/c21-14(22)11-12(10-5-1-2-7-17-10)20-24-13(11)19-15(23)18-9-4-3-6-16-8-9;1-2-3-4(5)6/h1-8H,(H,21,22)(H2,18,19,23);2-3H2,1H3,(H2,5,6). The number of carbonyl (C=O) groups excluding carboxylic acids is 2. The summed E-state index contributed by atoms with van der Waals surface area (Å²) in [4.78, 5) is 41.2. The summed E-state index contributed by atoms with van der Waals surface area (Å²) >= 11 is 0. The molecule has 3 aromatic rings. The second-order valence-electron chi connectivity index (χ2n) is 5.79. The van der Waals surface area contributed by atoms with Crippen molar-refractivity contribution in [1.29, 1.82) is 0 Å². The minimum atomic E-state index is -1.30. The van der Waals surface area contributed by atoms with Crippen LogP contribution in [-0.4, -0.2) is 38.1 Å². The van der Waals surface area contributed by atoms with E-state index in [2.05, 4.69) is 25.8 Å². The van der Waals surface area contributed by atoms with Crippen LogP contribution in [0.2, 0.25) is 0 Å². The molecule has 11 heteroatoms. The first-order valence-corrected chi connectivity index (χ1v) is 8.83. The van der Waals surface area contributed by atoms with E-state index in [0.717, 1.165) is 6.42 Å². The van der Waals surface area contributed by atoms with E-state index in [1.807, 2.05) is 6.92 Å². The second-order valence-corrected chi connectivity index (χ2v) is 5.79. The van der Waals surface area contributed by atoms with Gasteiger partial charge in [-0.2, -0.15) is 0 Å². The molecule has 3 aromatic heterocycles. The van der Waals surface area contributed by atoms with Crippen LogP contribution in [0.15, 0.2) is 53.4 Å². The maximum Gasteiger partial charge on any atom is 0.343 e. The van der Waals surface area contributed by atoms with E-state index in [-0.39, 0.29) is 23.0 Å². The molecule has 0 saturated carbocycles. The van der Waals surface area contributed by atoms with Crippen molar-refractivity contribution in [3.63, 3.8) is 0 Å². The van der Waals surface area contributed by atoms with Crippen LogP contribution in [0.5, 0.6) is 0 Å². The fraction of sp³-hybridized carbons (Fsp3) is 0.158. The van der Waals surface area contributed by atoms with Crippen LogP contribution in [-0.2, 0) is 4.79 Å². The molecule has 3 heterocycles. The minimum absolute atomic E-state index is 0.0276. The number of hydrogen-bond acceptors (Lipinski definition) is 7. The van der Waals surface area contributed by atoms with Crippen molar-refractivity contribution in [3.8, 4) is 11.4 Å². The van der Waals surface area contributed by atoms with Crippen LogP contribution in [0.1, 0.15) is 30.1 Å². The smallest absolute Gasteiger partial charge is 0.343 e. The maximum absolute atomic E-state index is 12.0. The number of aromatic carboxylic acids is 1. The number of hydrogen-bond donors (Lipinski definition) is 4. The number of rotatable bonds is 6. The Hall–Kier alpha value is -4.28. The molecule has 11 nitrogen and oxygen atoms in total. The van der Waals surface area contributed by atoms with Crippen molar-refractivity contribution in [2.75, 3.05) is 10.6 Å². The number of anilines is 2. The van der Waals surface area contributed by atoms with Crippen LogP contribution in [0.3, 0.4) is 0 Å². The van der Waals surface area contributed by atoms with E-state index < -0.39 is 12.0 Å². The number of pyridine rings is 2. The number of nitrogens with one attached hydrogen (secondary N) is 2. The topological polar surface area (TPSA) is 173 Å². The first kappa shape index (κ1) is 22.0. The summed E-state index contributed by atoms with van der Waals surface area (Å²) in [7, 11) is 0. The van der Waals surface area contributed by atoms with Crippen molar-refractivity contribution in [1.82, 2.24) is 15.1 Å². The Morgan fingerprint density at radius 1 is 1.13 bits per heavy atom. The largest absolute Gasteiger partial charge is 0.477 e. The second kappa shape index (κ2) is 10.9. The SMILES string of the molecule is CCCC(N)=O.O=C(Nc1cccnc1)Nc1onc(-c2ccccn2)c1C(=O)O. The van der Waals surface area contributed by atoms with Crippen molar-refractivity contribution in [3.05, 3.63) is 54.5 Å². The molecule has 3 amide bonds.